The van der Waals surface area contributed by atoms with Gasteiger partial charge >= 0.3 is 0 Å². The van der Waals surface area contributed by atoms with Crippen molar-refractivity contribution in [3.8, 4) is 11.8 Å². The number of nitriles is 1. The third-order valence-electron chi connectivity index (χ3n) is 4.61. The zero-order valence-corrected chi connectivity index (χ0v) is 14.7. The van der Waals surface area contributed by atoms with E-state index in [9.17, 15) is 10.1 Å². The number of hydrogen-bond acceptors (Lipinski definition) is 5. The maximum Gasteiger partial charge on any atom is 0.238 e. The number of amides is 1. The Morgan fingerprint density at radius 2 is 2.07 bits per heavy atom. The van der Waals surface area contributed by atoms with Crippen LogP contribution in [0.3, 0.4) is 0 Å². The molecule has 0 bridgehead atoms. The van der Waals surface area contributed by atoms with Crippen LogP contribution in [0.1, 0.15) is 22.7 Å². The van der Waals surface area contributed by atoms with Crippen molar-refractivity contribution < 1.29 is 14.3 Å². The van der Waals surface area contributed by atoms with Crippen molar-refractivity contribution >= 4 is 22.4 Å². The van der Waals surface area contributed by atoms with Crippen molar-refractivity contribution in [1.82, 2.24) is 4.98 Å². The van der Waals surface area contributed by atoms with Crippen molar-refractivity contribution in [1.29, 1.82) is 5.26 Å². The number of hydrogen-bond donors (Lipinski definition) is 1. The second-order valence-electron chi connectivity index (χ2n) is 6.26. The lowest BCUT2D eigenvalue weighted by Crippen LogP contribution is -2.14. The minimum atomic E-state index is -0.544. The molecule has 6 nitrogen and oxygen atoms in total. The van der Waals surface area contributed by atoms with E-state index >= 15 is 0 Å². The summed E-state index contributed by atoms with van der Waals surface area (Å²) < 4.78 is 10.7. The SMILES string of the molecule is COCCOc1ccc2c(C3C(=O)Nc4ccc(C#N)cc43)nccc2c1. The van der Waals surface area contributed by atoms with E-state index in [1.807, 2.05) is 24.3 Å². The maximum absolute atomic E-state index is 12.6. The number of carbonyl (C=O) groups excluding carboxylic acids is 1. The molecule has 1 atom stereocenters. The Labute approximate surface area is 156 Å². The fraction of sp³-hybridized carbons (Fsp3) is 0.190. The summed E-state index contributed by atoms with van der Waals surface area (Å²) in [6.45, 7) is 0.981. The van der Waals surface area contributed by atoms with E-state index in [2.05, 4.69) is 16.4 Å². The van der Waals surface area contributed by atoms with Gasteiger partial charge < -0.3 is 14.8 Å². The summed E-state index contributed by atoms with van der Waals surface area (Å²) in [5.74, 6) is 0.0533. The molecule has 134 valence electrons. The van der Waals surface area contributed by atoms with Gasteiger partial charge in [-0.25, -0.2) is 0 Å². The van der Waals surface area contributed by atoms with Gasteiger partial charge in [0.2, 0.25) is 5.91 Å². The van der Waals surface area contributed by atoms with Gasteiger partial charge in [-0.2, -0.15) is 5.26 Å². The van der Waals surface area contributed by atoms with Gasteiger partial charge in [0.05, 0.1) is 23.9 Å². The fourth-order valence-corrected chi connectivity index (χ4v) is 3.34. The molecule has 3 aromatic rings. The van der Waals surface area contributed by atoms with Crippen LogP contribution in [0.15, 0.2) is 48.7 Å². The second-order valence-corrected chi connectivity index (χ2v) is 6.26. The summed E-state index contributed by atoms with van der Waals surface area (Å²) in [4.78, 5) is 17.1. The molecule has 0 aliphatic carbocycles. The number of nitrogens with one attached hydrogen (secondary N) is 1. The Morgan fingerprint density at radius 3 is 2.89 bits per heavy atom. The molecular weight excluding hydrogens is 342 g/mol. The molecule has 1 N–H and O–H groups in total. The van der Waals surface area contributed by atoms with Gasteiger partial charge in [0.25, 0.3) is 0 Å². The Hall–Kier alpha value is -3.43. The highest BCUT2D eigenvalue weighted by Gasteiger charge is 2.34. The predicted molar refractivity (Wildman–Crippen MR) is 101 cm³/mol. The summed E-state index contributed by atoms with van der Waals surface area (Å²) >= 11 is 0. The minimum Gasteiger partial charge on any atom is -0.491 e. The Balaban J connectivity index is 1.77. The molecule has 4 rings (SSSR count). The van der Waals surface area contributed by atoms with E-state index in [0.717, 1.165) is 27.8 Å². The van der Waals surface area contributed by atoms with Gasteiger partial charge in [-0.15, -0.1) is 0 Å². The van der Waals surface area contributed by atoms with Gasteiger partial charge in [0.1, 0.15) is 18.3 Å². The van der Waals surface area contributed by atoms with Crippen molar-refractivity contribution in [3.05, 3.63) is 65.5 Å². The first-order chi connectivity index (χ1) is 13.2. The first-order valence-electron chi connectivity index (χ1n) is 8.56. The van der Waals surface area contributed by atoms with Crippen LogP contribution in [-0.2, 0) is 9.53 Å². The van der Waals surface area contributed by atoms with Gasteiger partial charge in [0.15, 0.2) is 0 Å². The molecule has 0 spiro atoms. The predicted octanol–water partition coefficient (Wildman–Crippen LogP) is 3.22. The van der Waals surface area contributed by atoms with Crippen LogP contribution in [0.25, 0.3) is 10.8 Å². The Kier molecular flexibility index (Phi) is 4.45. The van der Waals surface area contributed by atoms with Crippen LogP contribution in [0, 0.1) is 11.3 Å². The number of nitrogens with zero attached hydrogens (tertiary/aromatic N) is 2. The average Bonchev–Trinajstić information content (AvgIpc) is 3.02. The molecule has 1 aliphatic heterocycles. The van der Waals surface area contributed by atoms with Crippen LogP contribution >= 0.6 is 0 Å². The Morgan fingerprint density at radius 1 is 1.19 bits per heavy atom. The number of anilines is 1. The van der Waals surface area contributed by atoms with Gasteiger partial charge in [-0.05, 0) is 53.4 Å². The van der Waals surface area contributed by atoms with Crippen molar-refractivity contribution in [2.75, 3.05) is 25.6 Å². The second kappa shape index (κ2) is 7.06. The molecule has 27 heavy (non-hydrogen) atoms. The number of methoxy groups -OCH3 is 1. The zero-order chi connectivity index (χ0) is 18.8. The third-order valence-corrected chi connectivity index (χ3v) is 4.61. The van der Waals surface area contributed by atoms with Crippen LogP contribution in [-0.4, -0.2) is 31.2 Å². The lowest BCUT2D eigenvalue weighted by atomic mass is 9.92. The maximum atomic E-state index is 12.6. The summed E-state index contributed by atoms with van der Waals surface area (Å²) in [6, 6.07) is 14.9. The van der Waals surface area contributed by atoms with Crippen LogP contribution in [0.4, 0.5) is 5.69 Å². The number of benzene rings is 2. The molecule has 0 radical (unpaired) electrons. The zero-order valence-electron chi connectivity index (χ0n) is 14.7. The monoisotopic (exact) mass is 359 g/mol. The molecule has 1 unspecified atom stereocenters. The summed E-state index contributed by atoms with van der Waals surface area (Å²) in [5, 5.41) is 13.9. The number of pyridine rings is 1. The number of rotatable bonds is 5. The van der Waals surface area contributed by atoms with Crippen LogP contribution < -0.4 is 10.1 Å². The molecule has 1 aromatic heterocycles. The third kappa shape index (κ3) is 3.09. The highest BCUT2D eigenvalue weighted by molar-refractivity contribution is 6.07. The first-order valence-corrected chi connectivity index (χ1v) is 8.56. The Bertz CT molecular complexity index is 1070. The van der Waals surface area contributed by atoms with Gasteiger partial charge in [0, 0.05) is 24.4 Å². The summed E-state index contributed by atoms with van der Waals surface area (Å²) in [7, 11) is 1.63. The van der Waals surface area contributed by atoms with Crippen molar-refractivity contribution in [2.24, 2.45) is 0 Å². The van der Waals surface area contributed by atoms with Crippen LogP contribution in [0.5, 0.6) is 5.75 Å². The standard InChI is InChI=1S/C21H17N3O3/c1-26-8-9-27-15-3-4-16-14(11-15)6-7-23-20(16)19-17-10-13(12-22)2-5-18(17)24-21(19)25/h2-7,10-11,19H,8-9H2,1H3,(H,24,25). The smallest absolute Gasteiger partial charge is 0.238 e. The molecule has 1 aliphatic rings. The highest BCUT2D eigenvalue weighted by atomic mass is 16.5. The minimum absolute atomic E-state index is 0.138. The van der Waals surface area contributed by atoms with E-state index in [1.165, 1.54) is 0 Å². The molecule has 0 saturated carbocycles. The topological polar surface area (TPSA) is 84.2 Å². The number of ether oxygens (including phenoxy) is 2. The summed E-state index contributed by atoms with van der Waals surface area (Å²) in [5.41, 5.74) is 2.69. The van der Waals surface area contributed by atoms with Gasteiger partial charge in [-0.1, -0.05) is 0 Å². The first kappa shape index (κ1) is 17.0. The van der Waals surface area contributed by atoms with Gasteiger partial charge in [-0.3, -0.25) is 9.78 Å². The highest BCUT2D eigenvalue weighted by Crippen LogP contribution is 2.39. The quantitative estimate of drug-likeness (QED) is 0.707. The fourth-order valence-electron chi connectivity index (χ4n) is 3.34. The van der Waals surface area contributed by atoms with E-state index in [4.69, 9.17) is 9.47 Å². The van der Waals surface area contributed by atoms with E-state index in [-0.39, 0.29) is 5.91 Å². The van der Waals surface area contributed by atoms with E-state index in [1.54, 1.807) is 31.5 Å². The van der Waals surface area contributed by atoms with Crippen LogP contribution in [0.2, 0.25) is 0 Å². The van der Waals surface area contributed by atoms with E-state index < -0.39 is 5.92 Å². The lowest BCUT2D eigenvalue weighted by molar-refractivity contribution is -0.116. The van der Waals surface area contributed by atoms with E-state index in [0.29, 0.717) is 24.5 Å². The largest absolute Gasteiger partial charge is 0.491 e. The molecular formula is C21H17N3O3. The lowest BCUT2D eigenvalue weighted by Gasteiger charge is -2.13. The van der Waals surface area contributed by atoms with Crippen molar-refractivity contribution in [2.45, 2.75) is 5.92 Å². The number of carbonyl (C=O) groups is 1. The summed E-state index contributed by atoms with van der Waals surface area (Å²) in [6.07, 6.45) is 1.69. The molecule has 2 aromatic carbocycles. The number of fused-ring (bicyclic) bond motifs is 2. The normalized spacial score (nSPS) is 15.3. The number of aromatic nitrogens is 1. The molecule has 0 saturated heterocycles. The molecule has 2 heterocycles. The van der Waals surface area contributed by atoms with Crippen molar-refractivity contribution in [3.63, 3.8) is 0 Å². The molecule has 0 fully saturated rings. The molecule has 1 amide bonds. The average molecular weight is 359 g/mol. The molecule has 6 heteroatoms.